The number of aromatic nitrogens is 2. The predicted molar refractivity (Wildman–Crippen MR) is 101 cm³/mol. The van der Waals surface area contributed by atoms with Gasteiger partial charge in [0.05, 0.1) is 17.9 Å². The molecule has 0 atom stereocenters. The SMILES string of the molecule is CCCCOC(=O)c1ccc(NC(=O)CCc2c(C)nn(C)c2C)cc1. The van der Waals surface area contributed by atoms with Gasteiger partial charge in [-0.05, 0) is 56.5 Å². The van der Waals surface area contributed by atoms with E-state index < -0.39 is 0 Å². The Morgan fingerprint density at radius 3 is 2.46 bits per heavy atom. The van der Waals surface area contributed by atoms with E-state index in [1.807, 2.05) is 32.5 Å². The average Bonchev–Trinajstić information content (AvgIpc) is 2.86. The number of esters is 1. The molecule has 1 N–H and O–H groups in total. The molecule has 0 spiro atoms. The number of hydrogen-bond donors (Lipinski definition) is 1. The maximum atomic E-state index is 12.2. The first-order chi connectivity index (χ1) is 12.4. The molecule has 6 nitrogen and oxygen atoms in total. The van der Waals surface area contributed by atoms with Crippen LogP contribution in [0.4, 0.5) is 5.69 Å². The number of carbonyl (C=O) groups excluding carboxylic acids is 2. The number of benzene rings is 1. The van der Waals surface area contributed by atoms with Gasteiger partial charge in [0.1, 0.15) is 0 Å². The lowest BCUT2D eigenvalue weighted by Gasteiger charge is -2.07. The van der Waals surface area contributed by atoms with Crippen LogP contribution in [0.15, 0.2) is 24.3 Å². The number of hydrogen-bond acceptors (Lipinski definition) is 4. The largest absolute Gasteiger partial charge is 0.462 e. The van der Waals surface area contributed by atoms with Crippen LogP contribution in [-0.2, 0) is 23.0 Å². The molecule has 0 saturated heterocycles. The average molecular weight is 357 g/mol. The molecule has 1 aromatic carbocycles. The molecule has 0 radical (unpaired) electrons. The molecule has 0 unspecified atom stereocenters. The molecule has 0 fully saturated rings. The van der Waals surface area contributed by atoms with Gasteiger partial charge in [0.15, 0.2) is 0 Å². The van der Waals surface area contributed by atoms with Crippen molar-refractivity contribution in [3.05, 3.63) is 46.8 Å². The third-order valence-corrected chi connectivity index (χ3v) is 4.40. The fraction of sp³-hybridized carbons (Fsp3) is 0.450. The van der Waals surface area contributed by atoms with Crippen molar-refractivity contribution < 1.29 is 14.3 Å². The van der Waals surface area contributed by atoms with E-state index in [4.69, 9.17) is 4.74 Å². The number of ether oxygens (including phenoxy) is 1. The minimum Gasteiger partial charge on any atom is -0.462 e. The number of rotatable bonds is 8. The van der Waals surface area contributed by atoms with E-state index in [0.717, 1.165) is 29.8 Å². The van der Waals surface area contributed by atoms with E-state index in [-0.39, 0.29) is 11.9 Å². The van der Waals surface area contributed by atoms with Crippen LogP contribution >= 0.6 is 0 Å². The van der Waals surface area contributed by atoms with Gasteiger partial charge in [-0.1, -0.05) is 13.3 Å². The number of carbonyl (C=O) groups is 2. The molecule has 1 heterocycles. The molecule has 0 aliphatic rings. The van der Waals surface area contributed by atoms with Crippen LogP contribution in [0.25, 0.3) is 0 Å². The van der Waals surface area contributed by atoms with Gasteiger partial charge in [-0.15, -0.1) is 0 Å². The number of unbranched alkanes of at least 4 members (excludes halogenated alkanes) is 1. The summed E-state index contributed by atoms with van der Waals surface area (Å²) >= 11 is 0. The number of amides is 1. The van der Waals surface area contributed by atoms with Gasteiger partial charge in [-0.2, -0.15) is 5.10 Å². The van der Waals surface area contributed by atoms with E-state index in [0.29, 0.717) is 30.7 Å². The summed E-state index contributed by atoms with van der Waals surface area (Å²) in [7, 11) is 1.90. The summed E-state index contributed by atoms with van der Waals surface area (Å²) < 4.78 is 7.00. The maximum absolute atomic E-state index is 12.2. The Bertz CT molecular complexity index is 763. The Balaban J connectivity index is 1.86. The quantitative estimate of drug-likeness (QED) is 0.579. The Hall–Kier alpha value is -2.63. The van der Waals surface area contributed by atoms with Crippen LogP contribution in [0, 0.1) is 13.8 Å². The number of nitrogens with zero attached hydrogens (tertiary/aromatic N) is 2. The first-order valence-corrected chi connectivity index (χ1v) is 8.98. The summed E-state index contributed by atoms with van der Waals surface area (Å²) in [6, 6.07) is 6.77. The Labute approximate surface area is 154 Å². The zero-order chi connectivity index (χ0) is 19.1. The fourth-order valence-electron chi connectivity index (χ4n) is 2.72. The zero-order valence-electron chi connectivity index (χ0n) is 16.0. The first kappa shape index (κ1) is 19.7. The van der Waals surface area contributed by atoms with Crippen molar-refractivity contribution >= 4 is 17.6 Å². The second-order valence-electron chi connectivity index (χ2n) is 6.39. The molecule has 140 valence electrons. The minimum atomic E-state index is -0.334. The predicted octanol–water partition coefficient (Wildman–Crippen LogP) is 3.57. The fourth-order valence-corrected chi connectivity index (χ4v) is 2.72. The lowest BCUT2D eigenvalue weighted by Crippen LogP contribution is -2.13. The third kappa shape index (κ3) is 5.18. The summed E-state index contributed by atoms with van der Waals surface area (Å²) in [5.74, 6) is -0.398. The van der Waals surface area contributed by atoms with Crippen LogP contribution in [0.1, 0.15) is 53.5 Å². The zero-order valence-corrected chi connectivity index (χ0v) is 16.0. The standard InChI is InChI=1S/C20H27N3O3/c1-5-6-13-26-20(25)16-7-9-17(10-8-16)21-19(24)12-11-18-14(2)22-23(4)15(18)3/h7-10H,5-6,11-13H2,1-4H3,(H,21,24). The van der Waals surface area contributed by atoms with Crippen molar-refractivity contribution in [3.63, 3.8) is 0 Å². The Morgan fingerprint density at radius 2 is 1.88 bits per heavy atom. The highest BCUT2D eigenvalue weighted by atomic mass is 16.5. The van der Waals surface area contributed by atoms with Crippen molar-refractivity contribution in [2.45, 2.75) is 46.5 Å². The third-order valence-electron chi connectivity index (χ3n) is 4.40. The second-order valence-corrected chi connectivity index (χ2v) is 6.39. The van der Waals surface area contributed by atoms with Gasteiger partial charge in [0.2, 0.25) is 5.91 Å². The number of nitrogens with one attached hydrogen (secondary N) is 1. The minimum absolute atomic E-state index is 0.0640. The van der Waals surface area contributed by atoms with Crippen LogP contribution in [0.3, 0.4) is 0 Å². The van der Waals surface area contributed by atoms with Crippen molar-refractivity contribution in [2.24, 2.45) is 7.05 Å². The van der Waals surface area contributed by atoms with Gasteiger partial charge < -0.3 is 10.1 Å². The molecular weight excluding hydrogens is 330 g/mol. The molecule has 6 heteroatoms. The molecule has 0 saturated carbocycles. The van der Waals surface area contributed by atoms with Gasteiger partial charge in [0.25, 0.3) is 0 Å². The van der Waals surface area contributed by atoms with Gasteiger partial charge in [0, 0.05) is 24.8 Å². The van der Waals surface area contributed by atoms with E-state index in [9.17, 15) is 9.59 Å². The van der Waals surface area contributed by atoms with Crippen LogP contribution in [0.5, 0.6) is 0 Å². The van der Waals surface area contributed by atoms with Gasteiger partial charge >= 0.3 is 5.97 Å². The van der Waals surface area contributed by atoms with Crippen molar-refractivity contribution in [1.82, 2.24) is 9.78 Å². The molecule has 26 heavy (non-hydrogen) atoms. The molecular formula is C20H27N3O3. The molecule has 2 aromatic rings. The summed E-state index contributed by atoms with van der Waals surface area (Å²) in [5.41, 5.74) is 4.32. The smallest absolute Gasteiger partial charge is 0.338 e. The topological polar surface area (TPSA) is 73.2 Å². The van der Waals surface area contributed by atoms with E-state index in [1.54, 1.807) is 24.3 Å². The summed E-state index contributed by atoms with van der Waals surface area (Å²) in [4.78, 5) is 24.0. The highest BCUT2D eigenvalue weighted by Gasteiger charge is 2.12. The molecule has 1 amide bonds. The summed E-state index contributed by atoms with van der Waals surface area (Å²) in [5, 5.41) is 7.22. The molecule has 1 aromatic heterocycles. The van der Waals surface area contributed by atoms with Crippen LogP contribution < -0.4 is 5.32 Å². The van der Waals surface area contributed by atoms with Crippen LogP contribution in [0.2, 0.25) is 0 Å². The highest BCUT2D eigenvalue weighted by molar-refractivity contribution is 5.93. The van der Waals surface area contributed by atoms with Gasteiger partial charge in [-0.25, -0.2) is 4.79 Å². The van der Waals surface area contributed by atoms with E-state index in [2.05, 4.69) is 10.4 Å². The second kappa shape index (κ2) is 9.17. The molecule has 0 aliphatic carbocycles. The molecule has 2 rings (SSSR count). The Morgan fingerprint density at radius 1 is 1.19 bits per heavy atom. The first-order valence-electron chi connectivity index (χ1n) is 8.98. The normalized spacial score (nSPS) is 10.6. The highest BCUT2D eigenvalue weighted by Crippen LogP contribution is 2.15. The van der Waals surface area contributed by atoms with Crippen molar-refractivity contribution in [3.8, 4) is 0 Å². The molecule has 0 bridgehead atoms. The number of aryl methyl sites for hydroxylation is 2. The lowest BCUT2D eigenvalue weighted by atomic mass is 10.1. The molecule has 0 aliphatic heterocycles. The number of anilines is 1. The van der Waals surface area contributed by atoms with Crippen molar-refractivity contribution in [2.75, 3.05) is 11.9 Å². The van der Waals surface area contributed by atoms with Crippen LogP contribution in [-0.4, -0.2) is 28.3 Å². The van der Waals surface area contributed by atoms with E-state index >= 15 is 0 Å². The summed E-state index contributed by atoms with van der Waals surface area (Å²) in [6.45, 7) is 6.44. The van der Waals surface area contributed by atoms with Gasteiger partial charge in [-0.3, -0.25) is 9.48 Å². The van der Waals surface area contributed by atoms with Crippen molar-refractivity contribution in [1.29, 1.82) is 0 Å². The maximum Gasteiger partial charge on any atom is 0.338 e. The monoisotopic (exact) mass is 357 g/mol. The lowest BCUT2D eigenvalue weighted by molar-refractivity contribution is -0.116. The Kier molecular flexibility index (Phi) is 6.95. The summed E-state index contributed by atoms with van der Waals surface area (Å²) in [6.07, 6.45) is 2.87. The van der Waals surface area contributed by atoms with E-state index in [1.165, 1.54) is 0 Å².